The van der Waals surface area contributed by atoms with Crippen molar-refractivity contribution in [3.63, 3.8) is 0 Å². The Morgan fingerprint density at radius 3 is 2.57 bits per heavy atom. The Labute approximate surface area is 164 Å². The van der Waals surface area contributed by atoms with E-state index in [9.17, 15) is 27.5 Å². The molecule has 1 atom stereocenters. The first-order valence-corrected chi connectivity index (χ1v) is 9.36. The van der Waals surface area contributed by atoms with Crippen LogP contribution in [0.4, 0.5) is 23.2 Å². The van der Waals surface area contributed by atoms with E-state index in [0.29, 0.717) is 35.7 Å². The largest absolute Gasteiger partial charge is 0.424 e. The van der Waals surface area contributed by atoms with Crippen molar-refractivity contribution in [3.05, 3.63) is 46.2 Å². The monoisotopic (exact) mass is 419 g/mol. The molecule has 154 valence electrons. The number of nitrogens with one attached hydrogen (secondary N) is 1. The minimum absolute atomic E-state index is 0.0858. The van der Waals surface area contributed by atoms with Gasteiger partial charge < -0.3 is 15.3 Å². The van der Waals surface area contributed by atoms with Gasteiger partial charge in [0, 0.05) is 31.2 Å². The summed E-state index contributed by atoms with van der Waals surface area (Å²) in [6.07, 6.45) is -5.83. The zero-order valence-corrected chi connectivity index (χ0v) is 16.2. The summed E-state index contributed by atoms with van der Waals surface area (Å²) >= 11 is 0.653. The van der Waals surface area contributed by atoms with Crippen molar-refractivity contribution in [1.82, 2.24) is 10.3 Å². The van der Waals surface area contributed by atoms with Crippen molar-refractivity contribution in [2.75, 3.05) is 25.0 Å². The molecule has 28 heavy (non-hydrogen) atoms. The van der Waals surface area contributed by atoms with Crippen LogP contribution in [-0.4, -0.2) is 42.3 Å². The molecular weight excluding hydrogens is 398 g/mol. The predicted molar refractivity (Wildman–Crippen MR) is 98.7 cm³/mol. The molecule has 1 unspecified atom stereocenters. The van der Waals surface area contributed by atoms with Crippen LogP contribution in [0.15, 0.2) is 29.6 Å². The van der Waals surface area contributed by atoms with Gasteiger partial charge in [-0.1, -0.05) is 12.1 Å². The van der Waals surface area contributed by atoms with E-state index in [4.69, 9.17) is 0 Å². The van der Waals surface area contributed by atoms with Gasteiger partial charge in [0.1, 0.15) is 10.8 Å². The van der Waals surface area contributed by atoms with Gasteiger partial charge in [-0.05, 0) is 25.5 Å². The second-order valence-corrected chi connectivity index (χ2v) is 7.26. The SMILES string of the molecule is Cc1csc(C(O)(CC(=O)NCCCN(C)c2ccccc2F)C(F)(F)F)n1. The maximum Gasteiger partial charge on any atom is 0.424 e. The van der Waals surface area contributed by atoms with Gasteiger partial charge >= 0.3 is 6.18 Å². The quantitative estimate of drug-likeness (QED) is 0.509. The van der Waals surface area contributed by atoms with Crippen molar-refractivity contribution in [1.29, 1.82) is 0 Å². The highest BCUT2D eigenvalue weighted by Gasteiger charge is 2.58. The van der Waals surface area contributed by atoms with Crippen LogP contribution in [0, 0.1) is 12.7 Å². The molecule has 0 aliphatic carbocycles. The van der Waals surface area contributed by atoms with E-state index in [-0.39, 0.29) is 12.4 Å². The van der Waals surface area contributed by atoms with Crippen LogP contribution in [0.2, 0.25) is 0 Å². The number of nitrogens with zero attached hydrogens (tertiary/aromatic N) is 2. The zero-order valence-electron chi connectivity index (χ0n) is 15.4. The fourth-order valence-electron chi connectivity index (χ4n) is 2.56. The van der Waals surface area contributed by atoms with Crippen molar-refractivity contribution >= 4 is 22.9 Å². The molecule has 0 aliphatic rings. The second kappa shape index (κ2) is 8.87. The van der Waals surface area contributed by atoms with Crippen molar-refractivity contribution < 1.29 is 27.5 Å². The molecule has 10 heteroatoms. The van der Waals surface area contributed by atoms with Gasteiger partial charge in [-0.15, -0.1) is 11.3 Å². The van der Waals surface area contributed by atoms with Crippen LogP contribution in [0.3, 0.4) is 0 Å². The van der Waals surface area contributed by atoms with Crippen LogP contribution >= 0.6 is 11.3 Å². The number of amides is 1. The van der Waals surface area contributed by atoms with Gasteiger partial charge in [-0.3, -0.25) is 4.79 Å². The number of hydrogen-bond donors (Lipinski definition) is 2. The molecule has 1 amide bonds. The van der Waals surface area contributed by atoms with Crippen molar-refractivity contribution in [3.8, 4) is 0 Å². The summed E-state index contributed by atoms with van der Waals surface area (Å²) in [5.41, 5.74) is -2.61. The molecule has 0 spiro atoms. The maximum atomic E-state index is 13.7. The summed E-state index contributed by atoms with van der Waals surface area (Å²) in [6, 6.07) is 6.19. The smallest absolute Gasteiger partial charge is 0.374 e. The lowest BCUT2D eigenvalue weighted by atomic mass is 9.99. The summed E-state index contributed by atoms with van der Waals surface area (Å²) in [5.74, 6) is -1.33. The molecule has 2 N–H and O–H groups in total. The van der Waals surface area contributed by atoms with E-state index in [1.807, 2.05) is 0 Å². The fraction of sp³-hybridized carbons (Fsp3) is 0.444. The molecular formula is C18H21F4N3O2S. The number of hydrogen-bond acceptors (Lipinski definition) is 5. The number of aliphatic hydroxyl groups is 1. The van der Waals surface area contributed by atoms with Gasteiger partial charge in [0.15, 0.2) is 0 Å². The third kappa shape index (κ3) is 5.20. The maximum absolute atomic E-state index is 13.7. The molecule has 5 nitrogen and oxygen atoms in total. The van der Waals surface area contributed by atoms with Crippen LogP contribution < -0.4 is 10.2 Å². The first-order valence-electron chi connectivity index (χ1n) is 8.48. The van der Waals surface area contributed by atoms with E-state index >= 15 is 0 Å². The lowest BCUT2D eigenvalue weighted by molar-refractivity contribution is -0.267. The molecule has 0 fully saturated rings. The average Bonchev–Trinajstić information content (AvgIpc) is 3.05. The Morgan fingerprint density at radius 2 is 2.00 bits per heavy atom. The topological polar surface area (TPSA) is 65.5 Å². The number of anilines is 1. The molecule has 2 rings (SSSR count). The van der Waals surface area contributed by atoms with E-state index in [2.05, 4.69) is 10.3 Å². The summed E-state index contributed by atoms with van der Waals surface area (Å²) in [6.45, 7) is 1.97. The number of carbonyl (C=O) groups excluding carboxylic acids is 1. The van der Waals surface area contributed by atoms with E-state index in [1.54, 1.807) is 30.1 Å². The van der Waals surface area contributed by atoms with E-state index in [0.717, 1.165) is 0 Å². The molecule has 0 saturated heterocycles. The lowest BCUT2D eigenvalue weighted by Gasteiger charge is -2.28. The highest BCUT2D eigenvalue weighted by atomic mass is 32.1. The van der Waals surface area contributed by atoms with Gasteiger partial charge in [-0.2, -0.15) is 13.2 Å². The number of aryl methyl sites for hydroxylation is 1. The fourth-order valence-corrected chi connectivity index (χ4v) is 3.48. The predicted octanol–water partition coefficient (Wildman–Crippen LogP) is 3.37. The number of benzene rings is 1. The average molecular weight is 419 g/mol. The first-order chi connectivity index (χ1) is 13.0. The molecule has 0 aliphatic heterocycles. The molecule has 0 bridgehead atoms. The van der Waals surface area contributed by atoms with Gasteiger partial charge in [0.25, 0.3) is 0 Å². The van der Waals surface area contributed by atoms with Gasteiger partial charge in [0.2, 0.25) is 11.5 Å². The Bertz CT molecular complexity index is 812. The third-order valence-electron chi connectivity index (χ3n) is 4.11. The summed E-state index contributed by atoms with van der Waals surface area (Å²) < 4.78 is 53.8. The van der Waals surface area contributed by atoms with E-state index < -0.39 is 29.1 Å². The molecule has 1 aromatic heterocycles. The summed E-state index contributed by atoms with van der Waals surface area (Å²) in [7, 11) is 1.67. The number of rotatable bonds is 8. The molecule has 1 aromatic carbocycles. The summed E-state index contributed by atoms with van der Waals surface area (Å²) in [5, 5.41) is 13.3. The first kappa shape index (κ1) is 22.1. The lowest BCUT2D eigenvalue weighted by Crippen LogP contribution is -2.46. The molecule has 1 heterocycles. The number of alkyl halides is 3. The normalized spacial score (nSPS) is 13.8. The number of thiazole rings is 1. The van der Waals surface area contributed by atoms with Crippen molar-refractivity contribution in [2.45, 2.75) is 31.5 Å². The van der Waals surface area contributed by atoms with Gasteiger partial charge in [0.05, 0.1) is 12.1 Å². The van der Waals surface area contributed by atoms with Crippen LogP contribution in [-0.2, 0) is 10.4 Å². The number of carbonyl (C=O) groups is 1. The molecule has 0 saturated carbocycles. The number of para-hydroxylation sites is 1. The Morgan fingerprint density at radius 1 is 1.32 bits per heavy atom. The molecule has 2 aromatic rings. The van der Waals surface area contributed by atoms with E-state index in [1.165, 1.54) is 18.4 Å². The standard InChI is InChI=1S/C18H21F4N3O2S/c1-12-11-28-16(24-12)17(27,18(20,21)22)10-15(26)23-8-5-9-25(2)14-7-4-3-6-13(14)19/h3-4,6-7,11,27H,5,8-10H2,1-2H3,(H,23,26). The molecule has 0 radical (unpaired) electrons. The minimum atomic E-state index is -5.04. The number of aromatic nitrogens is 1. The third-order valence-corrected chi connectivity index (χ3v) is 5.23. The Hall–Kier alpha value is -2.20. The van der Waals surface area contributed by atoms with Crippen LogP contribution in [0.25, 0.3) is 0 Å². The summed E-state index contributed by atoms with van der Waals surface area (Å²) in [4.78, 5) is 17.3. The zero-order chi connectivity index (χ0) is 20.9. The highest BCUT2D eigenvalue weighted by Crippen LogP contribution is 2.42. The Kier molecular flexibility index (Phi) is 7.00. The minimum Gasteiger partial charge on any atom is -0.374 e. The van der Waals surface area contributed by atoms with Crippen LogP contribution in [0.5, 0.6) is 0 Å². The van der Waals surface area contributed by atoms with Crippen LogP contribution in [0.1, 0.15) is 23.5 Å². The van der Waals surface area contributed by atoms with Gasteiger partial charge in [-0.25, -0.2) is 9.37 Å². The highest BCUT2D eigenvalue weighted by molar-refractivity contribution is 7.09. The van der Waals surface area contributed by atoms with Crippen molar-refractivity contribution in [2.24, 2.45) is 0 Å². The number of halogens is 4. The Balaban J connectivity index is 1.89. The second-order valence-electron chi connectivity index (χ2n) is 6.41.